The maximum absolute atomic E-state index is 10.8. The summed E-state index contributed by atoms with van der Waals surface area (Å²) in [5, 5.41) is 0.648. The molecule has 0 bridgehead atoms. The first-order chi connectivity index (χ1) is 5.13. The van der Waals surface area contributed by atoms with Gasteiger partial charge in [0.25, 0.3) is 0 Å². The minimum atomic E-state index is -0.322. The van der Waals surface area contributed by atoms with Gasteiger partial charge in [-0.1, -0.05) is 29.3 Å². The Bertz CT molecular complexity index is 294. The SMILES string of the molecule is [CH2]C(=O)c1cccc(Cl)c1Cl. The second kappa shape index (κ2) is 3.24. The smallest absolute Gasteiger partial charge is 0.164 e. The number of carbonyl (C=O) groups is 1. The van der Waals surface area contributed by atoms with Gasteiger partial charge in [0.15, 0.2) is 5.78 Å². The molecular formula is C8H5Cl2O. The van der Waals surface area contributed by atoms with Crippen LogP contribution in [0.4, 0.5) is 0 Å². The molecule has 1 aromatic carbocycles. The molecule has 0 amide bonds. The fourth-order valence-electron chi connectivity index (χ4n) is 0.719. The number of halogens is 2. The molecule has 1 nitrogen and oxygen atoms in total. The Balaban J connectivity index is 3.27. The summed E-state index contributed by atoms with van der Waals surface area (Å²) in [4.78, 5) is 10.8. The average Bonchev–Trinajstić information content (AvgIpc) is 1.94. The highest BCUT2D eigenvalue weighted by Gasteiger charge is 2.06. The molecular weight excluding hydrogens is 183 g/mol. The van der Waals surface area contributed by atoms with Gasteiger partial charge in [0.1, 0.15) is 0 Å². The van der Waals surface area contributed by atoms with Crippen molar-refractivity contribution in [2.24, 2.45) is 0 Å². The standard InChI is InChI=1S/C8H5Cl2O/c1-5(11)6-3-2-4-7(9)8(6)10/h2-4H,1H2. The molecule has 0 aliphatic heterocycles. The van der Waals surface area contributed by atoms with Crippen LogP contribution in [0.1, 0.15) is 10.4 Å². The summed E-state index contributed by atoms with van der Waals surface area (Å²) in [5.74, 6) is -0.322. The lowest BCUT2D eigenvalue weighted by molar-refractivity contribution is 0.104. The Morgan fingerprint density at radius 1 is 1.36 bits per heavy atom. The van der Waals surface area contributed by atoms with Crippen molar-refractivity contribution in [3.8, 4) is 0 Å². The fraction of sp³-hybridized carbons (Fsp3) is 0. The van der Waals surface area contributed by atoms with Gasteiger partial charge in [0, 0.05) is 12.5 Å². The van der Waals surface area contributed by atoms with Crippen LogP contribution in [0.5, 0.6) is 0 Å². The molecule has 0 heterocycles. The number of hydrogen-bond donors (Lipinski definition) is 0. The van der Waals surface area contributed by atoms with Gasteiger partial charge in [0.2, 0.25) is 0 Å². The highest BCUT2D eigenvalue weighted by Crippen LogP contribution is 2.25. The molecule has 57 valence electrons. The van der Waals surface area contributed by atoms with E-state index in [9.17, 15) is 4.79 Å². The highest BCUT2D eigenvalue weighted by atomic mass is 35.5. The summed E-state index contributed by atoms with van der Waals surface area (Å²) < 4.78 is 0. The molecule has 0 spiro atoms. The zero-order valence-electron chi connectivity index (χ0n) is 5.60. The van der Waals surface area contributed by atoms with Gasteiger partial charge in [-0.15, -0.1) is 0 Å². The molecule has 1 aromatic rings. The third-order valence-corrected chi connectivity index (χ3v) is 2.07. The van der Waals surface area contributed by atoms with Crippen molar-refractivity contribution in [3.05, 3.63) is 40.7 Å². The van der Waals surface area contributed by atoms with Crippen molar-refractivity contribution in [3.63, 3.8) is 0 Å². The minimum absolute atomic E-state index is 0.272. The molecule has 0 fully saturated rings. The van der Waals surface area contributed by atoms with E-state index in [2.05, 4.69) is 6.92 Å². The van der Waals surface area contributed by atoms with Crippen LogP contribution < -0.4 is 0 Å². The third-order valence-electron chi connectivity index (χ3n) is 1.25. The van der Waals surface area contributed by atoms with Gasteiger partial charge < -0.3 is 0 Å². The van der Waals surface area contributed by atoms with Crippen molar-refractivity contribution >= 4 is 29.0 Å². The Kier molecular flexibility index (Phi) is 2.53. The molecule has 0 N–H and O–H groups in total. The number of rotatable bonds is 1. The Hall–Kier alpha value is -0.530. The van der Waals surface area contributed by atoms with E-state index in [0.29, 0.717) is 10.6 Å². The fourth-order valence-corrected chi connectivity index (χ4v) is 1.13. The minimum Gasteiger partial charge on any atom is -0.294 e. The van der Waals surface area contributed by atoms with Crippen LogP contribution in [0.2, 0.25) is 10.0 Å². The van der Waals surface area contributed by atoms with Gasteiger partial charge in [0.05, 0.1) is 10.0 Å². The summed E-state index contributed by atoms with van der Waals surface area (Å²) in [6.45, 7) is 3.23. The summed E-state index contributed by atoms with van der Waals surface area (Å²) in [6.07, 6.45) is 0. The van der Waals surface area contributed by atoms with Crippen LogP contribution in [0.25, 0.3) is 0 Å². The molecule has 1 radical (unpaired) electrons. The summed E-state index contributed by atoms with van der Waals surface area (Å²) in [7, 11) is 0. The van der Waals surface area contributed by atoms with Gasteiger partial charge in [-0.05, 0) is 12.1 Å². The van der Waals surface area contributed by atoms with Crippen molar-refractivity contribution in [2.45, 2.75) is 0 Å². The van der Waals surface area contributed by atoms with E-state index in [0.717, 1.165) is 0 Å². The van der Waals surface area contributed by atoms with Crippen molar-refractivity contribution in [2.75, 3.05) is 0 Å². The van der Waals surface area contributed by atoms with Crippen LogP contribution in [-0.4, -0.2) is 5.78 Å². The summed E-state index contributed by atoms with van der Waals surface area (Å²) in [5.41, 5.74) is 0.360. The maximum atomic E-state index is 10.8. The van der Waals surface area contributed by atoms with Crippen LogP contribution in [-0.2, 0) is 0 Å². The Labute approximate surface area is 74.9 Å². The lowest BCUT2D eigenvalue weighted by Gasteiger charge is -1.99. The topological polar surface area (TPSA) is 17.1 Å². The van der Waals surface area contributed by atoms with E-state index < -0.39 is 0 Å². The second-order valence-corrected chi connectivity index (χ2v) is 2.81. The summed E-state index contributed by atoms with van der Waals surface area (Å²) in [6, 6.07) is 4.87. The lowest BCUT2D eigenvalue weighted by Crippen LogP contribution is -1.92. The lowest BCUT2D eigenvalue weighted by atomic mass is 10.1. The van der Waals surface area contributed by atoms with Crippen LogP contribution in [0.15, 0.2) is 18.2 Å². The first-order valence-corrected chi connectivity index (χ1v) is 3.69. The van der Waals surface area contributed by atoms with E-state index in [-0.39, 0.29) is 10.8 Å². The number of Topliss-reactive ketones (excluding diaryl/α,β-unsaturated/α-hetero) is 1. The Morgan fingerprint density at radius 2 is 2.00 bits per heavy atom. The molecule has 0 aromatic heterocycles. The molecule has 3 heteroatoms. The molecule has 0 saturated heterocycles. The van der Waals surface area contributed by atoms with Crippen molar-refractivity contribution in [1.29, 1.82) is 0 Å². The van der Waals surface area contributed by atoms with Crippen LogP contribution >= 0.6 is 23.2 Å². The van der Waals surface area contributed by atoms with Gasteiger partial charge in [-0.3, -0.25) is 4.79 Å². The number of ketones is 1. The number of benzene rings is 1. The van der Waals surface area contributed by atoms with Crippen molar-refractivity contribution in [1.82, 2.24) is 0 Å². The average molecular weight is 188 g/mol. The quantitative estimate of drug-likeness (QED) is 0.619. The van der Waals surface area contributed by atoms with E-state index >= 15 is 0 Å². The summed E-state index contributed by atoms with van der Waals surface area (Å²) >= 11 is 11.3. The zero-order chi connectivity index (χ0) is 8.43. The van der Waals surface area contributed by atoms with E-state index in [4.69, 9.17) is 23.2 Å². The molecule has 0 atom stereocenters. The number of carbonyl (C=O) groups excluding carboxylic acids is 1. The predicted molar refractivity (Wildman–Crippen MR) is 46.1 cm³/mol. The molecule has 0 aliphatic rings. The monoisotopic (exact) mass is 187 g/mol. The van der Waals surface area contributed by atoms with Gasteiger partial charge >= 0.3 is 0 Å². The molecule has 1 rings (SSSR count). The Morgan fingerprint density at radius 3 is 2.45 bits per heavy atom. The second-order valence-electron chi connectivity index (χ2n) is 2.02. The van der Waals surface area contributed by atoms with Gasteiger partial charge in [-0.25, -0.2) is 0 Å². The molecule has 11 heavy (non-hydrogen) atoms. The normalized spacial score (nSPS) is 9.73. The highest BCUT2D eigenvalue weighted by molar-refractivity contribution is 6.44. The van der Waals surface area contributed by atoms with Crippen LogP contribution in [0.3, 0.4) is 0 Å². The molecule has 0 unspecified atom stereocenters. The third kappa shape index (κ3) is 1.73. The first-order valence-electron chi connectivity index (χ1n) is 2.93. The van der Waals surface area contributed by atoms with E-state index in [1.165, 1.54) is 0 Å². The largest absolute Gasteiger partial charge is 0.294 e. The number of hydrogen-bond acceptors (Lipinski definition) is 1. The van der Waals surface area contributed by atoms with Crippen molar-refractivity contribution < 1.29 is 4.79 Å². The van der Waals surface area contributed by atoms with E-state index in [1.807, 2.05) is 0 Å². The first kappa shape index (κ1) is 8.57. The van der Waals surface area contributed by atoms with Gasteiger partial charge in [-0.2, -0.15) is 0 Å². The maximum Gasteiger partial charge on any atom is 0.164 e. The molecule has 0 saturated carbocycles. The zero-order valence-corrected chi connectivity index (χ0v) is 7.12. The molecule has 0 aliphatic carbocycles. The van der Waals surface area contributed by atoms with Crippen LogP contribution in [0, 0.1) is 6.92 Å². The predicted octanol–water partition coefficient (Wildman–Crippen LogP) is 3.01. The van der Waals surface area contributed by atoms with E-state index in [1.54, 1.807) is 18.2 Å².